The smallest absolute Gasteiger partial charge is 0.311 e. The third-order valence-electron chi connectivity index (χ3n) is 13.4. The summed E-state index contributed by atoms with van der Waals surface area (Å²) in [6.07, 6.45) is 10.6. The van der Waals surface area contributed by atoms with Crippen LogP contribution in [-0.2, 0) is 23.8 Å². The summed E-state index contributed by atoms with van der Waals surface area (Å²) < 4.78 is 18.9. The van der Waals surface area contributed by atoms with Crippen molar-refractivity contribution in [2.75, 3.05) is 0 Å². The maximum absolute atomic E-state index is 12.6. The SMILES string of the molecule is C[C@@H]1C[C@]2(C[C@@H](C)[C@H]3[C@@H](C[C@@]4(C)[C@@H]5CC[C@H]6C(C)(C)OC(=O)CC[C@@]67C[C@]57CC[C@]34C)O2)OC1=O. The quantitative estimate of drug-likeness (QED) is 0.393. The van der Waals surface area contributed by atoms with E-state index in [2.05, 4.69) is 34.6 Å². The Hall–Kier alpha value is -1.10. The van der Waals surface area contributed by atoms with E-state index in [-0.39, 0.29) is 45.8 Å². The lowest BCUT2D eigenvalue weighted by atomic mass is 9.43. The number of carbonyl (C=O) groups excluding carboxylic acids is 2. The van der Waals surface area contributed by atoms with Crippen molar-refractivity contribution in [3.8, 4) is 0 Å². The molecule has 7 rings (SSSR count). The Morgan fingerprint density at radius 1 is 0.800 bits per heavy atom. The molecule has 4 saturated carbocycles. The van der Waals surface area contributed by atoms with Crippen molar-refractivity contribution >= 4 is 11.9 Å². The van der Waals surface area contributed by atoms with Crippen LogP contribution in [0.2, 0.25) is 0 Å². The highest BCUT2D eigenvalue weighted by Crippen LogP contribution is 2.88. The lowest BCUT2D eigenvalue weighted by Crippen LogP contribution is -2.56. The molecule has 0 amide bonds. The van der Waals surface area contributed by atoms with E-state index in [4.69, 9.17) is 14.2 Å². The molecule has 5 nitrogen and oxygen atoms in total. The number of hydrogen-bond donors (Lipinski definition) is 0. The highest BCUT2D eigenvalue weighted by atomic mass is 16.7. The number of fused-ring (bicyclic) bond motifs is 4. The molecule has 3 saturated heterocycles. The summed E-state index contributed by atoms with van der Waals surface area (Å²) in [4.78, 5) is 24.9. The summed E-state index contributed by atoms with van der Waals surface area (Å²) >= 11 is 0. The Morgan fingerprint density at radius 3 is 2.23 bits per heavy atom. The van der Waals surface area contributed by atoms with Gasteiger partial charge in [0, 0.05) is 25.2 Å². The van der Waals surface area contributed by atoms with Crippen LogP contribution in [-0.4, -0.2) is 29.4 Å². The molecule has 5 heteroatoms. The fraction of sp³-hybridized carbons (Fsp3) is 0.933. The molecule has 0 aromatic rings. The van der Waals surface area contributed by atoms with Crippen molar-refractivity contribution in [2.45, 2.75) is 123 Å². The minimum atomic E-state index is -0.698. The summed E-state index contributed by atoms with van der Waals surface area (Å²) in [6, 6.07) is 0. The van der Waals surface area contributed by atoms with E-state index >= 15 is 0 Å². The number of carbonyl (C=O) groups is 2. The molecule has 194 valence electrons. The Bertz CT molecular complexity index is 1000. The zero-order valence-corrected chi connectivity index (χ0v) is 22.6. The Labute approximate surface area is 210 Å². The van der Waals surface area contributed by atoms with Crippen LogP contribution in [0.3, 0.4) is 0 Å². The van der Waals surface area contributed by atoms with Crippen molar-refractivity contribution < 1.29 is 23.8 Å². The van der Waals surface area contributed by atoms with Crippen LogP contribution in [0.1, 0.15) is 106 Å². The number of hydrogen-bond acceptors (Lipinski definition) is 5. The third kappa shape index (κ3) is 2.55. The van der Waals surface area contributed by atoms with Gasteiger partial charge in [0.05, 0.1) is 12.0 Å². The van der Waals surface area contributed by atoms with Crippen LogP contribution in [0, 0.1) is 51.2 Å². The van der Waals surface area contributed by atoms with Gasteiger partial charge in [0.25, 0.3) is 0 Å². The molecule has 3 spiro atoms. The minimum Gasteiger partial charge on any atom is -0.459 e. The van der Waals surface area contributed by atoms with E-state index in [0.29, 0.717) is 41.9 Å². The van der Waals surface area contributed by atoms with Crippen LogP contribution in [0.4, 0.5) is 0 Å². The average molecular weight is 485 g/mol. The summed E-state index contributed by atoms with van der Waals surface area (Å²) in [7, 11) is 0. The summed E-state index contributed by atoms with van der Waals surface area (Å²) in [5.41, 5.74) is 0.725. The van der Waals surface area contributed by atoms with Gasteiger partial charge in [-0.25, -0.2) is 0 Å². The molecular weight excluding hydrogens is 440 g/mol. The first-order chi connectivity index (χ1) is 16.3. The van der Waals surface area contributed by atoms with Gasteiger partial charge in [0.15, 0.2) is 0 Å². The number of ether oxygens (including phenoxy) is 3. The van der Waals surface area contributed by atoms with Gasteiger partial charge in [-0.05, 0) is 98.2 Å². The van der Waals surface area contributed by atoms with Gasteiger partial charge < -0.3 is 14.2 Å². The van der Waals surface area contributed by atoms with Gasteiger partial charge in [-0.2, -0.15) is 0 Å². The van der Waals surface area contributed by atoms with Gasteiger partial charge in [0.1, 0.15) is 5.60 Å². The Balaban J connectivity index is 1.24. The van der Waals surface area contributed by atoms with Crippen LogP contribution < -0.4 is 0 Å². The summed E-state index contributed by atoms with van der Waals surface area (Å²) in [5.74, 6) is 1.31. The van der Waals surface area contributed by atoms with Gasteiger partial charge in [-0.1, -0.05) is 27.7 Å². The van der Waals surface area contributed by atoms with Crippen LogP contribution in [0.15, 0.2) is 0 Å². The van der Waals surface area contributed by atoms with Crippen molar-refractivity contribution in [1.82, 2.24) is 0 Å². The fourth-order valence-electron chi connectivity index (χ4n) is 12.2. The predicted molar refractivity (Wildman–Crippen MR) is 130 cm³/mol. The molecule has 0 aromatic heterocycles. The van der Waals surface area contributed by atoms with Gasteiger partial charge >= 0.3 is 11.9 Å². The second-order valence-electron chi connectivity index (χ2n) is 15.1. The second-order valence-corrected chi connectivity index (χ2v) is 15.1. The molecule has 0 unspecified atom stereocenters. The molecule has 7 aliphatic rings. The lowest BCUT2D eigenvalue weighted by Gasteiger charge is -2.61. The second kappa shape index (κ2) is 6.48. The lowest BCUT2D eigenvalue weighted by molar-refractivity contribution is -0.276. The largest absolute Gasteiger partial charge is 0.459 e. The van der Waals surface area contributed by atoms with Gasteiger partial charge in [-0.3, -0.25) is 9.59 Å². The molecule has 0 N–H and O–H groups in total. The first kappa shape index (κ1) is 23.0. The average Bonchev–Trinajstić information content (AvgIpc) is 3.28. The molecule has 0 bridgehead atoms. The van der Waals surface area contributed by atoms with Crippen LogP contribution in [0.5, 0.6) is 0 Å². The monoisotopic (exact) mass is 484 g/mol. The van der Waals surface area contributed by atoms with Crippen molar-refractivity contribution in [1.29, 1.82) is 0 Å². The normalized spacial score (nSPS) is 59.8. The molecule has 35 heavy (non-hydrogen) atoms. The van der Waals surface area contributed by atoms with Gasteiger partial charge in [-0.15, -0.1) is 0 Å². The number of cyclic esters (lactones) is 1. The number of esters is 2. The maximum Gasteiger partial charge on any atom is 0.311 e. The van der Waals surface area contributed by atoms with Crippen LogP contribution >= 0.6 is 0 Å². The minimum absolute atomic E-state index is 0.00369. The first-order valence-corrected chi connectivity index (χ1v) is 14.4. The fourth-order valence-corrected chi connectivity index (χ4v) is 12.2. The predicted octanol–water partition coefficient (Wildman–Crippen LogP) is 6.04. The highest BCUT2D eigenvalue weighted by Gasteiger charge is 2.83. The zero-order chi connectivity index (χ0) is 24.8. The highest BCUT2D eigenvalue weighted by molar-refractivity contribution is 5.74. The van der Waals surface area contributed by atoms with E-state index < -0.39 is 5.79 Å². The molecule has 4 aliphatic carbocycles. The van der Waals surface area contributed by atoms with Crippen molar-refractivity contribution in [2.24, 2.45) is 51.2 Å². The van der Waals surface area contributed by atoms with E-state index in [1.807, 2.05) is 6.92 Å². The molecule has 3 heterocycles. The first-order valence-electron chi connectivity index (χ1n) is 14.4. The van der Waals surface area contributed by atoms with Crippen LogP contribution in [0.25, 0.3) is 0 Å². The zero-order valence-electron chi connectivity index (χ0n) is 22.6. The number of rotatable bonds is 0. The Morgan fingerprint density at radius 2 is 1.51 bits per heavy atom. The maximum atomic E-state index is 12.6. The van der Waals surface area contributed by atoms with Crippen molar-refractivity contribution in [3.63, 3.8) is 0 Å². The molecule has 0 aromatic carbocycles. The van der Waals surface area contributed by atoms with E-state index in [0.717, 1.165) is 19.3 Å². The molecular formula is C30H44O5. The molecule has 11 atom stereocenters. The van der Waals surface area contributed by atoms with Crippen molar-refractivity contribution in [3.05, 3.63) is 0 Å². The van der Waals surface area contributed by atoms with E-state index in [1.165, 1.54) is 32.1 Å². The Kier molecular flexibility index (Phi) is 4.26. The summed E-state index contributed by atoms with van der Waals surface area (Å²) in [5, 5.41) is 0. The third-order valence-corrected chi connectivity index (χ3v) is 13.4. The van der Waals surface area contributed by atoms with Gasteiger partial charge in [0.2, 0.25) is 5.79 Å². The topological polar surface area (TPSA) is 61.8 Å². The molecule has 0 radical (unpaired) electrons. The van der Waals surface area contributed by atoms with E-state index in [9.17, 15) is 9.59 Å². The standard InChI is InChI=1S/C30H44O5/c1-17-13-30(14-18(2)24(32)35-30)33-19-15-27(6)21-8-7-20-25(3,4)34-22(31)9-10-28(20)16-29(21,28)12-11-26(27,5)23(17)19/h17-21,23H,7-16H2,1-6H3/t17-,18-,19-,20+,21+,23+,26-,27+,28-,29-,30+/m1/s1. The summed E-state index contributed by atoms with van der Waals surface area (Å²) in [6.45, 7) is 13.9. The molecule has 3 aliphatic heterocycles. The molecule has 7 fully saturated rings. The van der Waals surface area contributed by atoms with E-state index in [1.54, 1.807) is 0 Å².